The van der Waals surface area contributed by atoms with Crippen LogP contribution in [0.1, 0.15) is 19.3 Å². The molecule has 1 amide bonds. The fourth-order valence-corrected chi connectivity index (χ4v) is 4.39. The van der Waals surface area contributed by atoms with Gasteiger partial charge in [0.1, 0.15) is 5.75 Å². The van der Waals surface area contributed by atoms with Crippen LogP contribution in [0.5, 0.6) is 5.75 Å². The van der Waals surface area contributed by atoms with E-state index >= 15 is 0 Å². The van der Waals surface area contributed by atoms with Crippen molar-refractivity contribution in [2.45, 2.75) is 19.3 Å². The second-order valence-corrected chi connectivity index (χ2v) is 7.38. The number of piperidine rings is 1. The van der Waals surface area contributed by atoms with Crippen molar-refractivity contribution in [1.82, 2.24) is 10.2 Å². The van der Waals surface area contributed by atoms with E-state index in [-0.39, 0.29) is 0 Å². The highest BCUT2D eigenvalue weighted by Gasteiger charge is 2.58. The lowest BCUT2D eigenvalue weighted by molar-refractivity contribution is -0.133. The maximum atomic E-state index is 12.8. The minimum Gasteiger partial charge on any atom is -0.497 e. The van der Waals surface area contributed by atoms with Crippen molar-refractivity contribution >= 4 is 11.6 Å². The third-order valence-corrected chi connectivity index (χ3v) is 6.10. The summed E-state index contributed by atoms with van der Waals surface area (Å²) >= 11 is 0. The van der Waals surface area contributed by atoms with E-state index in [1.165, 1.54) is 18.5 Å². The van der Waals surface area contributed by atoms with E-state index in [0.717, 1.165) is 51.4 Å². The summed E-state index contributed by atoms with van der Waals surface area (Å²) in [4.78, 5) is 17.3. The predicted molar refractivity (Wildman–Crippen MR) is 94.4 cm³/mol. The lowest BCUT2D eigenvalue weighted by atomic mass is 9.91. The van der Waals surface area contributed by atoms with Crippen LogP contribution in [0.3, 0.4) is 0 Å². The number of amides is 1. The Morgan fingerprint density at radius 3 is 2.67 bits per heavy atom. The molecule has 5 heteroatoms. The molecular formula is C19H27N3O2. The molecule has 0 bridgehead atoms. The molecule has 1 unspecified atom stereocenters. The van der Waals surface area contributed by atoms with Crippen LogP contribution >= 0.6 is 0 Å². The smallest absolute Gasteiger partial charge is 0.226 e. The van der Waals surface area contributed by atoms with Crippen LogP contribution in [0.15, 0.2) is 24.3 Å². The number of ether oxygens (including phenoxy) is 1. The number of nitrogens with one attached hydrogen (secondary N) is 1. The number of nitrogens with zero attached hydrogens (tertiary/aromatic N) is 2. The Balaban J connectivity index is 1.34. The summed E-state index contributed by atoms with van der Waals surface area (Å²) < 4.78 is 5.31. The highest BCUT2D eigenvalue weighted by atomic mass is 16.5. The van der Waals surface area contributed by atoms with Crippen molar-refractivity contribution in [1.29, 1.82) is 0 Å². The standard InChI is InChI=1S/C19H27N3O2/c1-24-16-4-2-3-15(13-16)21-9-11-22(12-10-21)18(23)17-14-19(17)5-7-20-8-6-19/h2-4,13,17,20H,5-12,14H2,1H3. The predicted octanol–water partition coefficient (Wildman–Crippen LogP) is 1.73. The fourth-order valence-electron chi connectivity index (χ4n) is 4.39. The molecule has 0 aromatic heterocycles. The van der Waals surface area contributed by atoms with Gasteiger partial charge in [0.15, 0.2) is 0 Å². The topological polar surface area (TPSA) is 44.8 Å². The molecule has 2 heterocycles. The van der Waals surface area contributed by atoms with Gasteiger partial charge in [0.25, 0.3) is 0 Å². The number of benzene rings is 1. The van der Waals surface area contributed by atoms with Crippen LogP contribution in [0.2, 0.25) is 0 Å². The summed E-state index contributed by atoms with van der Waals surface area (Å²) in [7, 11) is 1.70. The van der Waals surface area contributed by atoms with E-state index in [4.69, 9.17) is 4.74 Å². The summed E-state index contributed by atoms with van der Waals surface area (Å²) in [6.07, 6.45) is 3.46. The molecule has 1 N–H and O–H groups in total. The Hall–Kier alpha value is -1.75. The largest absolute Gasteiger partial charge is 0.497 e. The van der Waals surface area contributed by atoms with Crippen molar-refractivity contribution in [3.05, 3.63) is 24.3 Å². The van der Waals surface area contributed by atoms with Gasteiger partial charge in [0, 0.05) is 43.9 Å². The summed E-state index contributed by atoms with van der Waals surface area (Å²) in [5.74, 6) is 1.59. The average molecular weight is 329 g/mol. The average Bonchev–Trinajstić information content (AvgIpc) is 3.34. The molecule has 1 saturated carbocycles. The molecule has 2 saturated heterocycles. The van der Waals surface area contributed by atoms with E-state index in [1.54, 1.807) is 7.11 Å². The van der Waals surface area contributed by atoms with Gasteiger partial charge in [-0.25, -0.2) is 0 Å². The lowest BCUT2D eigenvalue weighted by Gasteiger charge is -2.37. The third-order valence-electron chi connectivity index (χ3n) is 6.10. The zero-order valence-corrected chi connectivity index (χ0v) is 14.5. The molecule has 0 radical (unpaired) electrons. The van der Waals surface area contributed by atoms with E-state index in [9.17, 15) is 4.79 Å². The number of rotatable bonds is 3. The summed E-state index contributed by atoms with van der Waals surface area (Å²) in [5.41, 5.74) is 1.52. The van der Waals surface area contributed by atoms with Crippen molar-refractivity contribution in [2.75, 3.05) is 51.3 Å². The second-order valence-electron chi connectivity index (χ2n) is 7.38. The SMILES string of the molecule is COc1cccc(N2CCN(C(=O)C3CC34CCNCC4)CC2)c1. The highest BCUT2D eigenvalue weighted by Crippen LogP contribution is 2.59. The Bertz CT molecular complexity index is 604. The van der Waals surface area contributed by atoms with Gasteiger partial charge in [-0.15, -0.1) is 0 Å². The van der Waals surface area contributed by atoms with Crippen LogP contribution in [0.4, 0.5) is 5.69 Å². The molecule has 1 aliphatic carbocycles. The molecule has 24 heavy (non-hydrogen) atoms. The van der Waals surface area contributed by atoms with Crippen LogP contribution < -0.4 is 15.0 Å². The first-order valence-electron chi connectivity index (χ1n) is 9.10. The van der Waals surface area contributed by atoms with Gasteiger partial charge >= 0.3 is 0 Å². The molecule has 5 nitrogen and oxygen atoms in total. The van der Waals surface area contributed by atoms with Crippen LogP contribution in [0.25, 0.3) is 0 Å². The van der Waals surface area contributed by atoms with Crippen molar-refractivity contribution in [3.8, 4) is 5.75 Å². The summed E-state index contributed by atoms with van der Waals surface area (Å²) in [6, 6.07) is 8.18. The van der Waals surface area contributed by atoms with Crippen LogP contribution in [-0.2, 0) is 4.79 Å². The Kier molecular flexibility index (Phi) is 4.12. The van der Waals surface area contributed by atoms with E-state index < -0.39 is 0 Å². The third kappa shape index (κ3) is 2.86. The second kappa shape index (κ2) is 6.28. The van der Waals surface area contributed by atoms with Gasteiger partial charge in [-0.2, -0.15) is 0 Å². The molecule has 3 aliphatic rings. The Morgan fingerprint density at radius 2 is 1.96 bits per heavy atom. The number of methoxy groups -OCH3 is 1. The molecule has 3 fully saturated rings. The number of hydrogen-bond donors (Lipinski definition) is 1. The van der Waals surface area contributed by atoms with Gasteiger partial charge in [-0.05, 0) is 49.9 Å². The van der Waals surface area contributed by atoms with Gasteiger partial charge < -0.3 is 19.9 Å². The molecule has 4 rings (SSSR count). The Labute approximate surface area is 144 Å². The normalized spacial score (nSPS) is 25.6. The molecule has 1 atom stereocenters. The van der Waals surface area contributed by atoms with Crippen LogP contribution in [-0.4, -0.2) is 57.2 Å². The van der Waals surface area contributed by atoms with E-state index in [1.807, 2.05) is 12.1 Å². The van der Waals surface area contributed by atoms with Gasteiger partial charge in [0.05, 0.1) is 7.11 Å². The van der Waals surface area contributed by atoms with E-state index in [0.29, 0.717) is 17.2 Å². The molecule has 2 aliphatic heterocycles. The first kappa shape index (κ1) is 15.8. The number of hydrogen-bond acceptors (Lipinski definition) is 4. The first-order chi connectivity index (χ1) is 11.7. The number of piperazine rings is 1. The van der Waals surface area contributed by atoms with Gasteiger partial charge in [0.2, 0.25) is 5.91 Å². The summed E-state index contributed by atoms with van der Waals surface area (Å²) in [5, 5.41) is 3.41. The van der Waals surface area contributed by atoms with Crippen molar-refractivity contribution < 1.29 is 9.53 Å². The molecule has 130 valence electrons. The number of carbonyl (C=O) groups is 1. The van der Waals surface area contributed by atoms with E-state index in [2.05, 4.69) is 27.2 Å². The van der Waals surface area contributed by atoms with Gasteiger partial charge in [-0.1, -0.05) is 6.07 Å². The maximum Gasteiger partial charge on any atom is 0.226 e. The fraction of sp³-hybridized carbons (Fsp3) is 0.632. The summed E-state index contributed by atoms with van der Waals surface area (Å²) in [6.45, 7) is 5.63. The zero-order chi connectivity index (χ0) is 16.6. The highest BCUT2D eigenvalue weighted by molar-refractivity contribution is 5.83. The number of carbonyl (C=O) groups excluding carboxylic acids is 1. The monoisotopic (exact) mass is 329 g/mol. The molecular weight excluding hydrogens is 302 g/mol. The maximum absolute atomic E-state index is 12.8. The number of anilines is 1. The van der Waals surface area contributed by atoms with Gasteiger partial charge in [-0.3, -0.25) is 4.79 Å². The van der Waals surface area contributed by atoms with Crippen molar-refractivity contribution in [3.63, 3.8) is 0 Å². The minimum atomic E-state index is 0.294. The Morgan fingerprint density at radius 1 is 1.21 bits per heavy atom. The zero-order valence-electron chi connectivity index (χ0n) is 14.5. The lowest BCUT2D eigenvalue weighted by Crippen LogP contribution is -2.49. The molecule has 1 aromatic carbocycles. The minimum absolute atomic E-state index is 0.294. The first-order valence-corrected chi connectivity index (χ1v) is 9.10. The quantitative estimate of drug-likeness (QED) is 0.917. The molecule has 1 aromatic rings. The molecule has 1 spiro atoms. The van der Waals surface area contributed by atoms with Crippen LogP contribution in [0, 0.1) is 11.3 Å². The van der Waals surface area contributed by atoms with Crippen molar-refractivity contribution in [2.24, 2.45) is 11.3 Å².